The van der Waals surface area contributed by atoms with E-state index in [1.165, 1.54) is 28.8 Å². The van der Waals surface area contributed by atoms with E-state index in [0.29, 0.717) is 6.61 Å². The average Bonchev–Trinajstić information content (AvgIpc) is 2.24. The molecule has 1 fully saturated rings. The van der Waals surface area contributed by atoms with Crippen LogP contribution in [0.5, 0.6) is 0 Å². The number of rotatable bonds is 4. The standard InChI is InChI=1S/C15H23NO/c1-11-7-13(3)14(8-12(11)2)16-9-15(10-17)5-4-6-15/h7-8,16-17H,4-6,9-10H2,1-3H3. The minimum atomic E-state index is 0.144. The quantitative estimate of drug-likeness (QED) is 0.837. The zero-order chi connectivity index (χ0) is 12.5. The Kier molecular flexibility index (Phi) is 3.43. The van der Waals surface area contributed by atoms with Crippen LogP contribution in [0.25, 0.3) is 0 Å². The third-order valence-corrected chi connectivity index (χ3v) is 4.24. The molecule has 94 valence electrons. The summed E-state index contributed by atoms with van der Waals surface area (Å²) >= 11 is 0. The normalized spacial score (nSPS) is 17.6. The first kappa shape index (κ1) is 12.4. The Morgan fingerprint density at radius 2 is 1.76 bits per heavy atom. The Balaban J connectivity index is 2.06. The van der Waals surface area contributed by atoms with E-state index < -0.39 is 0 Å². The number of aliphatic hydroxyl groups excluding tert-OH is 1. The van der Waals surface area contributed by atoms with Gasteiger partial charge in [0.1, 0.15) is 0 Å². The summed E-state index contributed by atoms with van der Waals surface area (Å²) < 4.78 is 0. The third-order valence-electron chi connectivity index (χ3n) is 4.24. The molecule has 0 saturated heterocycles. The van der Waals surface area contributed by atoms with Gasteiger partial charge in [0.2, 0.25) is 0 Å². The van der Waals surface area contributed by atoms with Gasteiger partial charge in [0.15, 0.2) is 0 Å². The second-order valence-corrected chi connectivity index (χ2v) is 5.62. The van der Waals surface area contributed by atoms with Gasteiger partial charge >= 0.3 is 0 Å². The van der Waals surface area contributed by atoms with Gasteiger partial charge < -0.3 is 10.4 Å². The van der Waals surface area contributed by atoms with Crippen LogP contribution in [-0.4, -0.2) is 18.3 Å². The van der Waals surface area contributed by atoms with Crippen LogP contribution >= 0.6 is 0 Å². The molecule has 0 unspecified atom stereocenters. The SMILES string of the molecule is Cc1cc(C)c(NCC2(CO)CCC2)cc1C. The van der Waals surface area contributed by atoms with Crippen LogP contribution in [0.1, 0.15) is 36.0 Å². The van der Waals surface area contributed by atoms with Crippen molar-refractivity contribution < 1.29 is 5.11 Å². The summed E-state index contributed by atoms with van der Waals surface area (Å²) in [6.07, 6.45) is 3.56. The smallest absolute Gasteiger partial charge is 0.0504 e. The summed E-state index contributed by atoms with van der Waals surface area (Å²) in [5.74, 6) is 0. The maximum Gasteiger partial charge on any atom is 0.0504 e. The molecule has 2 N–H and O–H groups in total. The van der Waals surface area contributed by atoms with Gasteiger partial charge in [-0.3, -0.25) is 0 Å². The number of nitrogens with one attached hydrogen (secondary N) is 1. The van der Waals surface area contributed by atoms with Gasteiger partial charge in [-0.05, 0) is 56.4 Å². The topological polar surface area (TPSA) is 32.3 Å². The van der Waals surface area contributed by atoms with E-state index in [4.69, 9.17) is 0 Å². The molecule has 1 aliphatic rings. The highest BCUT2D eigenvalue weighted by molar-refractivity contribution is 5.54. The first-order valence-corrected chi connectivity index (χ1v) is 6.49. The lowest BCUT2D eigenvalue weighted by atomic mass is 9.69. The molecule has 0 aromatic heterocycles. The molecule has 1 saturated carbocycles. The Morgan fingerprint density at radius 3 is 2.29 bits per heavy atom. The van der Waals surface area contributed by atoms with E-state index >= 15 is 0 Å². The summed E-state index contributed by atoms with van der Waals surface area (Å²) in [4.78, 5) is 0. The van der Waals surface area contributed by atoms with Crippen molar-refractivity contribution in [2.45, 2.75) is 40.0 Å². The molecule has 2 nitrogen and oxygen atoms in total. The summed E-state index contributed by atoms with van der Waals surface area (Å²) in [6, 6.07) is 4.44. The fourth-order valence-corrected chi connectivity index (χ4v) is 2.50. The van der Waals surface area contributed by atoms with E-state index in [1.807, 2.05) is 0 Å². The lowest BCUT2D eigenvalue weighted by molar-refractivity contribution is 0.0576. The number of aliphatic hydroxyl groups is 1. The van der Waals surface area contributed by atoms with Crippen LogP contribution in [0.3, 0.4) is 0 Å². The molecule has 0 radical (unpaired) electrons. The molecule has 1 aromatic carbocycles. The van der Waals surface area contributed by atoms with Crippen molar-refractivity contribution in [3.05, 3.63) is 28.8 Å². The van der Waals surface area contributed by atoms with Crippen LogP contribution in [0, 0.1) is 26.2 Å². The van der Waals surface area contributed by atoms with Crippen molar-refractivity contribution >= 4 is 5.69 Å². The molecular weight excluding hydrogens is 210 g/mol. The molecule has 0 bridgehead atoms. The van der Waals surface area contributed by atoms with Gasteiger partial charge in [-0.1, -0.05) is 12.5 Å². The van der Waals surface area contributed by atoms with Gasteiger partial charge in [-0.2, -0.15) is 0 Å². The van der Waals surface area contributed by atoms with Gasteiger partial charge in [-0.25, -0.2) is 0 Å². The summed E-state index contributed by atoms with van der Waals surface area (Å²) in [5, 5.41) is 13.0. The number of benzene rings is 1. The van der Waals surface area contributed by atoms with Crippen LogP contribution in [0.15, 0.2) is 12.1 Å². The number of anilines is 1. The van der Waals surface area contributed by atoms with Crippen LogP contribution in [0.2, 0.25) is 0 Å². The van der Waals surface area contributed by atoms with Gasteiger partial charge in [0.25, 0.3) is 0 Å². The summed E-state index contributed by atoms with van der Waals surface area (Å²) in [5.41, 5.74) is 5.32. The van der Waals surface area contributed by atoms with Crippen LogP contribution in [-0.2, 0) is 0 Å². The highest BCUT2D eigenvalue weighted by Crippen LogP contribution is 2.40. The molecule has 1 aromatic rings. The van der Waals surface area contributed by atoms with E-state index in [1.54, 1.807) is 0 Å². The van der Waals surface area contributed by atoms with Crippen molar-refractivity contribution in [1.82, 2.24) is 0 Å². The average molecular weight is 233 g/mol. The number of hydrogen-bond donors (Lipinski definition) is 2. The number of hydrogen-bond acceptors (Lipinski definition) is 2. The van der Waals surface area contributed by atoms with Gasteiger partial charge in [0, 0.05) is 17.6 Å². The Labute approximate surface area is 104 Å². The summed E-state index contributed by atoms with van der Waals surface area (Å²) in [7, 11) is 0. The van der Waals surface area contributed by atoms with Crippen molar-refractivity contribution in [3.8, 4) is 0 Å². The fraction of sp³-hybridized carbons (Fsp3) is 0.600. The minimum Gasteiger partial charge on any atom is -0.396 e. The van der Waals surface area contributed by atoms with Crippen LogP contribution < -0.4 is 5.32 Å². The maximum atomic E-state index is 9.44. The van der Waals surface area contributed by atoms with Crippen LogP contribution in [0.4, 0.5) is 5.69 Å². The van der Waals surface area contributed by atoms with Crippen molar-refractivity contribution in [3.63, 3.8) is 0 Å². The fourth-order valence-electron chi connectivity index (χ4n) is 2.50. The second-order valence-electron chi connectivity index (χ2n) is 5.62. The molecule has 2 rings (SSSR count). The zero-order valence-electron chi connectivity index (χ0n) is 11.1. The molecule has 0 spiro atoms. The minimum absolute atomic E-state index is 0.144. The summed E-state index contributed by atoms with van der Waals surface area (Å²) in [6.45, 7) is 7.64. The molecule has 0 aliphatic heterocycles. The van der Waals surface area contributed by atoms with Crippen molar-refractivity contribution in [2.24, 2.45) is 5.41 Å². The molecule has 2 heteroatoms. The number of aryl methyl sites for hydroxylation is 3. The zero-order valence-corrected chi connectivity index (χ0v) is 11.1. The lowest BCUT2D eigenvalue weighted by Crippen LogP contribution is -2.39. The third kappa shape index (κ3) is 2.47. The predicted octanol–water partition coefficient (Wildman–Crippen LogP) is 3.19. The first-order chi connectivity index (χ1) is 8.06. The Hall–Kier alpha value is -1.02. The first-order valence-electron chi connectivity index (χ1n) is 6.49. The van der Waals surface area contributed by atoms with E-state index in [0.717, 1.165) is 19.4 Å². The molecular formula is C15H23NO. The molecule has 0 heterocycles. The molecule has 1 aliphatic carbocycles. The van der Waals surface area contributed by atoms with Crippen molar-refractivity contribution in [1.29, 1.82) is 0 Å². The highest BCUT2D eigenvalue weighted by atomic mass is 16.3. The molecule has 0 amide bonds. The van der Waals surface area contributed by atoms with Gasteiger partial charge in [0.05, 0.1) is 6.61 Å². The second kappa shape index (κ2) is 4.69. The van der Waals surface area contributed by atoms with Crippen molar-refractivity contribution in [2.75, 3.05) is 18.5 Å². The van der Waals surface area contributed by atoms with Gasteiger partial charge in [-0.15, -0.1) is 0 Å². The van der Waals surface area contributed by atoms with E-state index in [2.05, 4.69) is 38.2 Å². The highest BCUT2D eigenvalue weighted by Gasteiger charge is 2.36. The van der Waals surface area contributed by atoms with E-state index in [9.17, 15) is 5.11 Å². The molecule has 0 atom stereocenters. The Bertz CT molecular complexity index is 402. The predicted molar refractivity (Wildman–Crippen MR) is 72.5 cm³/mol. The monoisotopic (exact) mass is 233 g/mol. The maximum absolute atomic E-state index is 9.44. The molecule has 17 heavy (non-hydrogen) atoms. The largest absolute Gasteiger partial charge is 0.396 e. The Morgan fingerprint density at radius 1 is 1.12 bits per heavy atom. The van der Waals surface area contributed by atoms with E-state index in [-0.39, 0.29) is 5.41 Å². The lowest BCUT2D eigenvalue weighted by Gasteiger charge is -2.40.